The van der Waals surface area contributed by atoms with E-state index in [1.165, 1.54) is 30.4 Å². The number of hydrogen-bond acceptors (Lipinski definition) is 2. The smallest absolute Gasteiger partial charge is 0.130 e. The van der Waals surface area contributed by atoms with Gasteiger partial charge in [0.1, 0.15) is 4.64 Å². The van der Waals surface area contributed by atoms with E-state index >= 15 is 0 Å². The van der Waals surface area contributed by atoms with Gasteiger partial charge in [0.15, 0.2) is 0 Å². The van der Waals surface area contributed by atoms with Crippen molar-refractivity contribution in [1.29, 1.82) is 0 Å². The summed E-state index contributed by atoms with van der Waals surface area (Å²) >= 11 is 5.12. The standard InChI is InChI=1S/C14H14N2S/c17-14-8-13(15-9-16-14)12-7-2-1-6-11(12)10-4-3-5-10/h1-2,6-10H,3-5H2,(H,15,16,17). The van der Waals surface area contributed by atoms with Crippen molar-refractivity contribution < 1.29 is 0 Å². The van der Waals surface area contributed by atoms with Crippen LogP contribution in [-0.4, -0.2) is 9.97 Å². The molecular weight excluding hydrogens is 228 g/mol. The van der Waals surface area contributed by atoms with Crippen molar-refractivity contribution in [2.45, 2.75) is 25.2 Å². The fraction of sp³-hybridized carbons (Fsp3) is 0.286. The summed E-state index contributed by atoms with van der Waals surface area (Å²) in [6, 6.07) is 10.5. The molecule has 1 heterocycles. The van der Waals surface area contributed by atoms with E-state index in [1.807, 2.05) is 6.07 Å². The average molecular weight is 242 g/mol. The quantitative estimate of drug-likeness (QED) is 0.804. The molecule has 1 aromatic carbocycles. The van der Waals surface area contributed by atoms with Crippen molar-refractivity contribution in [2.75, 3.05) is 0 Å². The van der Waals surface area contributed by atoms with Crippen molar-refractivity contribution >= 4 is 12.2 Å². The Bertz CT molecular complexity index is 585. The van der Waals surface area contributed by atoms with Crippen LogP contribution in [0.5, 0.6) is 0 Å². The highest BCUT2D eigenvalue weighted by molar-refractivity contribution is 7.71. The molecule has 0 aliphatic heterocycles. The Labute approximate surface area is 106 Å². The van der Waals surface area contributed by atoms with E-state index in [4.69, 9.17) is 12.2 Å². The predicted molar refractivity (Wildman–Crippen MR) is 71.4 cm³/mol. The van der Waals surface area contributed by atoms with Gasteiger partial charge >= 0.3 is 0 Å². The predicted octanol–water partition coefficient (Wildman–Crippen LogP) is 4.07. The molecule has 86 valence electrons. The maximum absolute atomic E-state index is 5.12. The zero-order valence-corrected chi connectivity index (χ0v) is 10.3. The van der Waals surface area contributed by atoms with Crippen LogP contribution in [0.1, 0.15) is 30.7 Å². The summed E-state index contributed by atoms with van der Waals surface area (Å²) in [4.78, 5) is 7.22. The number of benzene rings is 1. The summed E-state index contributed by atoms with van der Waals surface area (Å²) in [5.74, 6) is 0.723. The minimum absolute atomic E-state index is 0.641. The van der Waals surface area contributed by atoms with Gasteiger partial charge in [-0.3, -0.25) is 0 Å². The maximum atomic E-state index is 5.12. The Hall–Kier alpha value is -1.48. The number of nitrogens with zero attached hydrogens (tertiary/aromatic N) is 1. The van der Waals surface area contributed by atoms with Crippen molar-refractivity contribution in [2.24, 2.45) is 0 Å². The van der Waals surface area contributed by atoms with E-state index in [9.17, 15) is 0 Å². The van der Waals surface area contributed by atoms with Crippen LogP contribution in [0.4, 0.5) is 0 Å². The topological polar surface area (TPSA) is 28.7 Å². The third-order valence-corrected chi connectivity index (χ3v) is 3.70. The van der Waals surface area contributed by atoms with E-state index in [0.29, 0.717) is 4.64 Å². The molecule has 0 atom stereocenters. The molecule has 0 amide bonds. The molecule has 1 N–H and O–H groups in total. The van der Waals surface area contributed by atoms with Crippen LogP contribution in [0.3, 0.4) is 0 Å². The van der Waals surface area contributed by atoms with E-state index in [1.54, 1.807) is 6.33 Å². The lowest BCUT2D eigenvalue weighted by Gasteiger charge is -2.27. The number of aromatic amines is 1. The minimum atomic E-state index is 0.641. The van der Waals surface area contributed by atoms with Crippen LogP contribution in [0.2, 0.25) is 0 Å². The average Bonchev–Trinajstić information content (AvgIpc) is 2.27. The summed E-state index contributed by atoms with van der Waals surface area (Å²) < 4.78 is 0.641. The van der Waals surface area contributed by atoms with Gasteiger partial charge in [-0.2, -0.15) is 0 Å². The molecule has 1 aliphatic carbocycles. The zero-order chi connectivity index (χ0) is 11.7. The second-order valence-corrected chi connectivity index (χ2v) is 4.93. The molecule has 1 fully saturated rings. The highest BCUT2D eigenvalue weighted by Crippen LogP contribution is 2.40. The molecule has 0 unspecified atom stereocenters. The molecule has 3 heteroatoms. The Morgan fingerprint density at radius 1 is 1.24 bits per heavy atom. The van der Waals surface area contributed by atoms with Gasteiger partial charge in [0.2, 0.25) is 0 Å². The first-order chi connectivity index (χ1) is 8.34. The molecule has 1 aromatic heterocycles. The van der Waals surface area contributed by atoms with E-state index in [-0.39, 0.29) is 0 Å². The molecule has 0 bridgehead atoms. The summed E-state index contributed by atoms with van der Waals surface area (Å²) in [5.41, 5.74) is 3.79. The lowest BCUT2D eigenvalue weighted by Crippen LogP contribution is -2.10. The second-order valence-electron chi connectivity index (χ2n) is 4.51. The highest BCUT2D eigenvalue weighted by Gasteiger charge is 2.22. The molecule has 0 radical (unpaired) electrons. The highest BCUT2D eigenvalue weighted by atomic mass is 32.1. The van der Waals surface area contributed by atoms with Crippen molar-refractivity contribution in [1.82, 2.24) is 9.97 Å². The molecule has 0 spiro atoms. The Morgan fingerprint density at radius 2 is 2.06 bits per heavy atom. The van der Waals surface area contributed by atoms with Gasteiger partial charge in [-0.25, -0.2) is 4.98 Å². The second kappa shape index (κ2) is 4.41. The third kappa shape index (κ3) is 2.03. The summed E-state index contributed by atoms with van der Waals surface area (Å²) in [7, 11) is 0. The number of aromatic nitrogens is 2. The molecule has 3 rings (SSSR count). The van der Waals surface area contributed by atoms with Crippen LogP contribution in [0.25, 0.3) is 11.3 Å². The molecule has 0 saturated heterocycles. The third-order valence-electron chi connectivity index (χ3n) is 3.48. The molecular formula is C14H14N2S. The lowest BCUT2D eigenvalue weighted by molar-refractivity contribution is 0.420. The lowest BCUT2D eigenvalue weighted by atomic mass is 9.78. The van der Waals surface area contributed by atoms with Crippen LogP contribution < -0.4 is 0 Å². The Balaban J connectivity index is 2.10. The molecule has 17 heavy (non-hydrogen) atoms. The minimum Gasteiger partial charge on any atom is -0.346 e. The maximum Gasteiger partial charge on any atom is 0.130 e. The first-order valence-electron chi connectivity index (χ1n) is 5.98. The Kier molecular flexibility index (Phi) is 2.77. The van der Waals surface area contributed by atoms with Gasteiger partial charge in [-0.1, -0.05) is 42.9 Å². The summed E-state index contributed by atoms with van der Waals surface area (Å²) in [6.07, 6.45) is 5.65. The van der Waals surface area contributed by atoms with Gasteiger partial charge in [-0.05, 0) is 30.4 Å². The van der Waals surface area contributed by atoms with Gasteiger partial charge in [0.25, 0.3) is 0 Å². The largest absolute Gasteiger partial charge is 0.346 e. The molecule has 2 nitrogen and oxygen atoms in total. The van der Waals surface area contributed by atoms with Crippen LogP contribution in [-0.2, 0) is 0 Å². The van der Waals surface area contributed by atoms with E-state index < -0.39 is 0 Å². The van der Waals surface area contributed by atoms with Crippen molar-refractivity contribution in [3.8, 4) is 11.3 Å². The van der Waals surface area contributed by atoms with Gasteiger partial charge in [0.05, 0.1) is 6.33 Å². The number of rotatable bonds is 2. The fourth-order valence-electron chi connectivity index (χ4n) is 2.34. The number of H-pyrrole nitrogens is 1. The van der Waals surface area contributed by atoms with Gasteiger partial charge in [-0.15, -0.1) is 0 Å². The molecule has 2 aromatic rings. The first-order valence-corrected chi connectivity index (χ1v) is 6.39. The van der Waals surface area contributed by atoms with Gasteiger partial charge in [0, 0.05) is 11.3 Å². The van der Waals surface area contributed by atoms with Gasteiger partial charge < -0.3 is 4.98 Å². The van der Waals surface area contributed by atoms with Crippen molar-refractivity contribution in [3.63, 3.8) is 0 Å². The van der Waals surface area contributed by atoms with Crippen LogP contribution in [0.15, 0.2) is 36.7 Å². The normalized spacial score (nSPS) is 15.5. The summed E-state index contributed by atoms with van der Waals surface area (Å²) in [5, 5.41) is 0. The summed E-state index contributed by atoms with van der Waals surface area (Å²) in [6.45, 7) is 0. The molecule has 1 saturated carbocycles. The zero-order valence-electron chi connectivity index (χ0n) is 9.52. The number of nitrogens with one attached hydrogen (secondary N) is 1. The monoisotopic (exact) mass is 242 g/mol. The fourth-order valence-corrected chi connectivity index (χ4v) is 2.51. The van der Waals surface area contributed by atoms with E-state index in [0.717, 1.165) is 11.6 Å². The first kappa shape index (κ1) is 10.7. The number of hydrogen-bond donors (Lipinski definition) is 1. The van der Waals surface area contributed by atoms with Crippen molar-refractivity contribution in [3.05, 3.63) is 46.9 Å². The van der Waals surface area contributed by atoms with Crippen LogP contribution >= 0.6 is 12.2 Å². The molecule has 1 aliphatic rings. The van der Waals surface area contributed by atoms with E-state index in [2.05, 4.69) is 34.2 Å². The Morgan fingerprint density at radius 3 is 2.76 bits per heavy atom. The van der Waals surface area contributed by atoms with Crippen LogP contribution in [0, 0.1) is 4.64 Å². The SMILES string of the molecule is S=c1cc(-c2ccccc2C2CCC2)[nH]cn1.